The van der Waals surface area contributed by atoms with Crippen LogP contribution in [0.4, 0.5) is 0 Å². The molecule has 0 bridgehead atoms. The summed E-state index contributed by atoms with van der Waals surface area (Å²) < 4.78 is 5.08. The fraction of sp³-hybridized carbons (Fsp3) is 0. The van der Waals surface area contributed by atoms with E-state index in [1.54, 1.807) is 18.7 Å². The molecule has 0 saturated heterocycles. The lowest BCUT2D eigenvalue weighted by Crippen LogP contribution is -1.81. The van der Waals surface area contributed by atoms with E-state index >= 15 is 0 Å². The van der Waals surface area contributed by atoms with Gasteiger partial charge in [0.1, 0.15) is 5.65 Å². The van der Waals surface area contributed by atoms with E-state index in [0.717, 1.165) is 33.2 Å². The fourth-order valence-electron chi connectivity index (χ4n) is 2.19. The van der Waals surface area contributed by atoms with E-state index in [0.29, 0.717) is 0 Å². The van der Waals surface area contributed by atoms with Crippen LogP contribution in [0, 0.1) is 0 Å². The Balaban J connectivity index is 2.04. The molecular formula is C14H9N3O. The SMILES string of the molecule is c1cc2[nH]c3nc(-c4ccoc4)ccc3c2cn1. The maximum absolute atomic E-state index is 5.08. The van der Waals surface area contributed by atoms with Gasteiger partial charge in [0.2, 0.25) is 0 Å². The van der Waals surface area contributed by atoms with Gasteiger partial charge in [-0.2, -0.15) is 0 Å². The fourth-order valence-corrected chi connectivity index (χ4v) is 2.19. The Morgan fingerprint density at radius 1 is 1.06 bits per heavy atom. The third-order valence-electron chi connectivity index (χ3n) is 3.08. The third kappa shape index (κ3) is 1.26. The van der Waals surface area contributed by atoms with Crippen LogP contribution >= 0.6 is 0 Å². The first kappa shape index (κ1) is 9.41. The van der Waals surface area contributed by atoms with Crippen LogP contribution in [0.2, 0.25) is 0 Å². The van der Waals surface area contributed by atoms with Gasteiger partial charge in [-0.1, -0.05) is 0 Å². The molecule has 4 rings (SSSR count). The largest absolute Gasteiger partial charge is 0.472 e. The van der Waals surface area contributed by atoms with Crippen molar-refractivity contribution in [2.45, 2.75) is 0 Å². The highest BCUT2D eigenvalue weighted by Gasteiger charge is 2.07. The van der Waals surface area contributed by atoms with Crippen molar-refractivity contribution in [3.63, 3.8) is 0 Å². The summed E-state index contributed by atoms with van der Waals surface area (Å²) in [6.07, 6.45) is 6.97. The Kier molecular flexibility index (Phi) is 1.80. The molecule has 0 fully saturated rings. The molecule has 86 valence electrons. The lowest BCUT2D eigenvalue weighted by atomic mass is 10.2. The molecule has 0 saturated carbocycles. The Morgan fingerprint density at radius 3 is 2.94 bits per heavy atom. The van der Waals surface area contributed by atoms with E-state index in [1.165, 1.54) is 0 Å². The minimum atomic E-state index is 0.872. The number of H-pyrrole nitrogens is 1. The van der Waals surface area contributed by atoms with E-state index in [2.05, 4.69) is 21.0 Å². The van der Waals surface area contributed by atoms with Crippen LogP contribution in [0.1, 0.15) is 0 Å². The summed E-state index contributed by atoms with van der Waals surface area (Å²) in [6, 6.07) is 7.91. The minimum Gasteiger partial charge on any atom is -0.472 e. The number of rotatable bonds is 1. The van der Waals surface area contributed by atoms with Gasteiger partial charge >= 0.3 is 0 Å². The van der Waals surface area contributed by atoms with Crippen LogP contribution in [0.5, 0.6) is 0 Å². The average Bonchev–Trinajstić information content (AvgIpc) is 3.05. The predicted molar refractivity (Wildman–Crippen MR) is 69.1 cm³/mol. The van der Waals surface area contributed by atoms with Crippen LogP contribution in [-0.2, 0) is 0 Å². The molecule has 0 radical (unpaired) electrons. The molecule has 4 aromatic rings. The second-order valence-electron chi connectivity index (χ2n) is 4.15. The molecule has 0 spiro atoms. The van der Waals surface area contributed by atoms with E-state index in [9.17, 15) is 0 Å². The summed E-state index contributed by atoms with van der Waals surface area (Å²) in [5.41, 5.74) is 3.80. The Morgan fingerprint density at radius 2 is 2.06 bits per heavy atom. The van der Waals surface area contributed by atoms with Crippen molar-refractivity contribution in [3.8, 4) is 11.3 Å². The number of aromatic amines is 1. The number of hydrogen-bond donors (Lipinski definition) is 1. The predicted octanol–water partition coefficient (Wildman–Crippen LogP) is 3.37. The Labute approximate surface area is 102 Å². The highest BCUT2D eigenvalue weighted by atomic mass is 16.3. The molecule has 4 nitrogen and oxygen atoms in total. The van der Waals surface area contributed by atoms with Crippen molar-refractivity contribution in [3.05, 3.63) is 49.2 Å². The third-order valence-corrected chi connectivity index (χ3v) is 3.08. The molecule has 0 amide bonds. The van der Waals surface area contributed by atoms with Crippen molar-refractivity contribution in [1.29, 1.82) is 0 Å². The van der Waals surface area contributed by atoms with E-state index in [1.807, 2.05) is 24.4 Å². The second kappa shape index (κ2) is 3.43. The van der Waals surface area contributed by atoms with E-state index < -0.39 is 0 Å². The van der Waals surface area contributed by atoms with Gasteiger partial charge in [0.15, 0.2) is 0 Å². The molecule has 0 aliphatic rings. The number of aromatic nitrogens is 3. The zero-order valence-electron chi connectivity index (χ0n) is 9.42. The smallest absolute Gasteiger partial charge is 0.139 e. The van der Waals surface area contributed by atoms with E-state index in [-0.39, 0.29) is 0 Å². The lowest BCUT2D eigenvalue weighted by Gasteiger charge is -1.96. The van der Waals surface area contributed by atoms with Crippen molar-refractivity contribution in [2.75, 3.05) is 0 Å². The standard InChI is InChI=1S/C14H9N3O/c1-2-12(9-4-6-18-8-9)16-14-10(1)11-7-15-5-3-13(11)17-14/h1-8H,(H,16,17). The number of pyridine rings is 2. The van der Waals surface area contributed by atoms with Gasteiger partial charge in [0, 0.05) is 28.7 Å². The zero-order chi connectivity index (χ0) is 11.9. The summed E-state index contributed by atoms with van der Waals surface area (Å²) in [7, 11) is 0. The average molecular weight is 235 g/mol. The number of nitrogens with zero attached hydrogens (tertiary/aromatic N) is 2. The van der Waals surface area contributed by atoms with Crippen molar-refractivity contribution < 1.29 is 4.42 Å². The van der Waals surface area contributed by atoms with Crippen LogP contribution in [-0.4, -0.2) is 15.0 Å². The molecule has 0 atom stereocenters. The van der Waals surface area contributed by atoms with Gasteiger partial charge in [-0.3, -0.25) is 4.98 Å². The molecule has 0 unspecified atom stereocenters. The second-order valence-corrected chi connectivity index (χ2v) is 4.15. The van der Waals surface area contributed by atoms with Crippen LogP contribution < -0.4 is 0 Å². The molecule has 4 heterocycles. The van der Waals surface area contributed by atoms with Gasteiger partial charge in [-0.25, -0.2) is 4.98 Å². The molecule has 4 aromatic heterocycles. The Hall–Kier alpha value is -2.62. The number of furan rings is 1. The highest BCUT2D eigenvalue weighted by Crippen LogP contribution is 2.26. The normalized spacial score (nSPS) is 11.3. The molecule has 18 heavy (non-hydrogen) atoms. The number of fused-ring (bicyclic) bond motifs is 3. The summed E-state index contributed by atoms with van der Waals surface area (Å²) in [4.78, 5) is 12.1. The summed E-state index contributed by atoms with van der Waals surface area (Å²) >= 11 is 0. The lowest BCUT2D eigenvalue weighted by molar-refractivity contribution is 0.568. The Bertz CT molecular complexity index is 831. The molecule has 0 aliphatic heterocycles. The van der Waals surface area contributed by atoms with E-state index in [4.69, 9.17) is 4.42 Å². The van der Waals surface area contributed by atoms with Crippen LogP contribution in [0.15, 0.2) is 53.6 Å². The van der Waals surface area contributed by atoms with Gasteiger partial charge in [0.05, 0.1) is 23.7 Å². The van der Waals surface area contributed by atoms with Gasteiger partial charge in [0.25, 0.3) is 0 Å². The van der Waals surface area contributed by atoms with Gasteiger partial charge in [-0.05, 0) is 24.3 Å². The highest BCUT2D eigenvalue weighted by molar-refractivity contribution is 6.05. The molecule has 0 aromatic carbocycles. The summed E-state index contributed by atoms with van der Waals surface area (Å²) in [5, 5.41) is 2.18. The minimum absolute atomic E-state index is 0.872. The van der Waals surface area contributed by atoms with Crippen LogP contribution in [0.3, 0.4) is 0 Å². The maximum atomic E-state index is 5.08. The summed E-state index contributed by atoms with van der Waals surface area (Å²) in [5.74, 6) is 0. The molecule has 0 aliphatic carbocycles. The van der Waals surface area contributed by atoms with Crippen molar-refractivity contribution in [2.24, 2.45) is 0 Å². The first-order valence-corrected chi connectivity index (χ1v) is 5.67. The van der Waals surface area contributed by atoms with Crippen molar-refractivity contribution >= 4 is 21.9 Å². The first-order valence-electron chi connectivity index (χ1n) is 5.67. The van der Waals surface area contributed by atoms with Crippen LogP contribution in [0.25, 0.3) is 33.2 Å². The number of nitrogens with one attached hydrogen (secondary N) is 1. The molecule has 4 heteroatoms. The van der Waals surface area contributed by atoms with Gasteiger partial charge in [-0.15, -0.1) is 0 Å². The monoisotopic (exact) mass is 235 g/mol. The zero-order valence-corrected chi connectivity index (χ0v) is 9.42. The molecular weight excluding hydrogens is 226 g/mol. The van der Waals surface area contributed by atoms with Crippen molar-refractivity contribution in [1.82, 2.24) is 15.0 Å². The molecule has 1 N–H and O–H groups in total. The number of hydrogen-bond acceptors (Lipinski definition) is 3. The maximum Gasteiger partial charge on any atom is 0.139 e. The van der Waals surface area contributed by atoms with Gasteiger partial charge < -0.3 is 9.40 Å². The summed E-state index contributed by atoms with van der Waals surface area (Å²) in [6.45, 7) is 0. The first-order chi connectivity index (χ1) is 8.92. The topological polar surface area (TPSA) is 54.7 Å². The quantitative estimate of drug-likeness (QED) is 0.550.